The van der Waals surface area contributed by atoms with Crippen molar-refractivity contribution in [1.29, 1.82) is 0 Å². The molecule has 0 aromatic carbocycles. The van der Waals surface area contributed by atoms with Crippen LogP contribution in [0.1, 0.15) is 33.3 Å². The van der Waals surface area contributed by atoms with E-state index in [0.717, 1.165) is 36.7 Å². The molecule has 0 saturated carbocycles. The Kier molecular flexibility index (Phi) is 5.00. The quantitative estimate of drug-likeness (QED) is 0.856. The second-order valence-electron chi connectivity index (χ2n) is 5.97. The summed E-state index contributed by atoms with van der Waals surface area (Å²) in [4.78, 5) is 11.0. The maximum Gasteiger partial charge on any atom is 0.137 e. The van der Waals surface area contributed by atoms with Gasteiger partial charge in [0.05, 0.1) is 18.3 Å². The van der Waals surface area contributed by atoms with E-state index in [1.54, 1.807) is 6.33 Å². The molecule has 0 amide bonds. The largest absolute Gasteiger partial charge is 0.394 e. The molecule has 2 N–H and O–H groups in total. The van der Waals surface area contributed by atoms with Gasteiger partial charge < -0.3 is 20.1 Å². The zero-order valence-electron chi connectivity index (χ0n) is 13.4. The fourth-order valence-corrected chi connectivity index (χ4v) is 2.87. The highest BCUT2D eigenvalue weighted by Gasteiger charge is 2.34. The van der Waals surface area contributed by atoms with Crippen LogP contribution in [0.4, 0.5) is 11.6 Å². The third kappa shape index (κ3) is 3.63. The van der Waals surface area contributed by atoms with Crippen molar-refractivity contribution in [1.82, 2.24) is 9.97 Å². The van der Waals surface area contributed by atoms with E-state index < -0.39 is 0 Å². The Balaban J connectivity index is 2.33. The Labute approximate surface area is 126 Å². The highest BCUT2D eigenvalue weighted by atomic mass is 16.5. The van der Waals surface area contributed by atoms with Gasteiger partial charge >= 0.3 is 0 Å². The zero-order valence-corrected chi connectivity index (χ0v) is 13.4. The standard InChI is InChI=1S/C15H26N4O2/c1-5-12-13(16-6-2)17-10-18-14(12)19-7-11(8-20)21-15(3,4)9-19/h10-11,20H,5-9H2,1-4H3,(H,16,17,18). The summed E-state index contributed by atoms with van der Waals surface area (Å²) < 4.78 is 5.88. The number of ether oxygens (including phenoxy) is 1. The molecule has 6 heteroatoms. The van der Waals surface area contributed by atoms with Crippen LogP contribution >= 0.6 is 0 Å². The third-order valence-corrected chi connectivity index (χ3v) is 3.60. The fourth-order valence-electron chi connectivity index (χ4n) is 2.87. The first-order valence-corrected chi connectivity index (χ1v) is 7.62. The second kappa shape index (κ2) is 6.58. The molecule has 0 aliphatic carbocycles. The lowest BCUT2D eigenvalue weighted by atomic mass is 10.0. The maximum absolute atomic E-state index is 9.46. The number of rotatable bonds is 5. The smallest absolute Gasteiger partial charge is 0.137 e. The number of morpholine rings is 1. The van der Waals surface area contributed by atoms with Gasteiger partial charge in [-0.05, 0) is 27.2 Å². The van der Waals surface area contributed by atoms with Crippen molar-refractivity contribution >= 4 is 11.6 Å². The van der Waals surface area contributed by atoms with Crippen molar-refractivity contribution in [3.05, 3.63) is 11.9 Å². The van der Waals surface area contributed by atoms with E-state index in [9.17, 15) is 5.11 Å². The SMILES string of the molecule is CCNc1ncnc(N2CC(CO)OC(C)(C)C2)c1CC. The molecule has 1 aromatic rings. The molecular weight excluding hydrogens is 268 g/mol. The van der Waals surface area contributed by atoms with Gasteiger partial charge in [0.15, 0.2) is 0 Å². The van der Waals surface area contributed by atoms with Gasteiger partial charge in [-0.25, -0.2) is 9.97 Å². The van der Waals surface area contributed by atoms with Crippen LogP contribution in [0.2, 0.25) is 0 Å². The Morgan fingerprint density at radius 3 is 2.81 bits per heavy atom. The molecule has 2 heterocycles. The first kappa shape index (κ1) is 16.0. The number of aromatic nitrogens is 2. The Bertz CT molecular complexity index is 479. The van der Waals surface area contributed by atoms with Crippen LogP contribution < -0.4 is 10.2 Å². The topological polar surface area (TPSA) is 70.5 Å². The molecule has 1 atom stereocenters. The van der Waals surface area contributed by atoms with E-state index in [-0.39, 0.29) is 18.3 Å². The number of nitrogens with zero attached hydrogens (tertiary/aromatic N) is 3. The molecule has 0 bridgehead atoms. The first-order chi connectivity index (χ1) is 10.0. The van der Waals surface area contributed by atoms with Gasteiger partial charge in [-0.3, -0.25) is 0 Å². The first-order valence-electron chi connectivity index (χ1n) is 7.62. The van der Waals surface area contributed by atoms with E-state index in [4.69, 9.17) is 4.74 Å². The molecule has 1 unspecified atom stereocenters. The summed E-state index contributed by atoms with van der Waals surface area (Å²) in [7, 11) is 0. The predicted molar refractivity (Wildman–Crippen MR) is 83.8 cm³/mol. The fraction of sp³-hybridized carbons (Fsp3) is 0.733. The van der Waals surface area contributed by atoms with E-state index in [1.807, 2.05) is 13.8 Å². The highest BCUT2D eigenvalue weighted by Crippen LogP contribution is 2.29. The molecule has 0 spiro atoms. The minimum absolute atomic E-state index is 0.0204. The van der Waals surface area contributed by atoms with Crippen molar-refractivity contribution in [2.75, 3.05) is 36.5 Å². The van der Waals surface area contributed by atoms with Gasteiger partial charge in [0, 0.05) is 25.2 Å². The number of hydrogen-bond donors (Lipinski definition) is 2. The van der Waals surface area contributed by atoms with Crippen LogP contribution in [0, 0.1) is 0 Å². The Morgan fingerprint density at radius 2 is 2.19 bits per heavy atom. The lowest BCUT2D eigenvalue weighted by molar-refractivity contribution is -0.101. The van der Waals surface area contributed by atoms with Crippen molar-refractivity contribution in [3.8, 4) is 0 Å². The molecule has 1 aliphatic heterocycles. The summed E-state index contributed by atoms with van der Waals surface area (Å²) in [6.45, 7) is 10.5. The Morgan fingerprint density at radius 1 is 1.43 bits per heavy atom. The molecule has 21 heavy (non-hydrogen) atoms. The van der Waals surface area contributed by atoms with Gasteiger partial charge in [-0.2, -0.15) is 0 Å². The molecular formula is C15H26N4O2. The number of aliphatic hydroxyl groups excluding tert-OH is 1. The molecule has 1 aromatic heterocycles. The van der Waals surface area contributed by atoms with Crippen LogP contribution in [0.5, 0.6) is 0 Å². The zero-order chi connectivity index (χ0) is 15.5. The normalized spacial score (nSPS) is 21.4. The van der Waals surface area contributed by atoms with Gasteiger partial charge in [0.25, 0.3) is 0 Å². The monoisotopic (exact) mass is 294 g/mol. The molecule has 1 fully saturated rings. The average molecular weight is 294 g/mol. The summed E-state index contributed by atoms with van der Waals surface area (Å²) >= 11 is 0. The van der Waals surface area contributed by atoms with Gasteiger partial charge in [0.1, 0.15) is 18.0 Å². The molecule has 1 saturated heterocycles. The second-order valence-corrected chi connectivity index (χ2v) is 5.97. The number of aliphatic hydroxyl groups is 1. The van der Waals surface area contributed by atoms with E-state index in [0.29, 0.717) is 6.54 Å². The minimum Gasteiger partial charge on any atom is -0.394 e. The number of nitrogens with one attached hydrogen (secondary N) is 1. The summed E-state index contributed by atoms with van der Waals surface area (Å²) in [5.74, 6) is 1.84. The lowest BCUT2D eigenvalue weighted by Gasteiger charge is -2.43. The lowest BCUT2D eigenvalue weighted by Crippen LogP contribution is -2.54. The predicted octanol–water partition coefficient (Wildman–Crippen LogP) is 1.45. The molecule has 1 aliphatic rings. The van der Waals surface area contributed by atoms with Crippen LogP contribution in [0.25, 0.3) is 0 Å². The van der Waals surface area contributed by atoms with Crippen molar-refractivity contribution in [3.63, 3.8) is 0 Å². The minimum atomic E-state index is -0.306. The average Bonchev–Trinajstić information content (AvgIpc) is 2.45. The summed E-state index contributed by atoms with van der Waals surface area (Å²) in [5, 5.41) is 12.8. The maximum atomic E-state index is 9.46. The number of anilines is 2. The highest BCUT2D eigenvalue weighted by molar-refractivity contribution is 5.59. The van der Waals surface area contributed by atoms with Gasteiger partial charge in [-0.15, -0.1) is 0 Å². The third-order valence-electron chi connectivity index (χ3n) is 3.60. The number of hydrogen-bond acceptors (Lipinski definition) is 6. The van der Waals surface area contributed by atoms with Gasteiger partial charge in [-0.1, -0.05) is 6.92 Å². The molecule has 6 nitrogen and oxygen atoms in total. The van der Waals surface area contributed by atoms with Gasteiger partial charge in [0.2, 0.25) is 0 Å². The summed E-state index contributed by atoms with van der Waals surface area (Å²) in [6, 6.07) is 0. The van der Waals surface area contributed by atoms with E-state index in [2.05, 4.69) is 34.0 Å². The Hall–Kier alpha value is -1.40. The van der Waals surface area contributed by atoms with Crippen LogP contribution in [-0.4, -0.2) is 53.0 Å². The summed E-state index contributed by atoms with van der Waals surface area (Å²) in [5.41, 5.74) is 0.814. The van der Waals surface area contributed by atoms with E-state index in [1.165, 1.54) is 0 Å². The van der Waals surface area contributed by atoms with Crippen molar-refractivity contribution in [2.24, 2.45) is 0 Å². The molecule has 118 valence electrons. The molecule has 0 radical (unpaired) electrons. The van der Waals surface area contributed by atoms with E-state index >= 15 is 0 Å². The van der Waals surface area contributed by atoms with Crippen LogP contribution in [0.15, 0.2) is 6.33 Å². The van der Waals surface area contributed by atoms with Crippen molar-refractivity contribution in [2.45, 2.75) is 45.8 Å². The van der Waals surface area contributed by atoms with Crippen LogP contribution in [0.3, 0.4) is 0 Å². The molecule has 2 rings (SSSR count). The van der Waals surface area contributed by atoms with Crippen molar-refractivity contribution < 1.29 is 9.84 Å². The summed E-state index contributed by atoms with van der Waals surface area (Å²) in [6.07, 6.45) is 2.28. The van der Waals surface area contributed by atoms with Crippen LogP contribution in [-0.2, 0) is 11.2 Å².